The number of carbonyl (C=O) groups excluding carboxylic acids is 1. The smallest absolute Gasteiger partial charge is 0.168 e. The zero-order valence-electron chi connectivity index (χ0n) is 5.29. The number of rotatable bonds is 2. The van der Waals surface area contributed by atoms with Crippen LogP contribution in [0.25, 0.3) is 0 Å². The van der Waals surface area contributed by atoms with E-state index in [4.69, 9.17) is 0 Å². The van der Waals surface area contributed by atoms with Crippen LogP contribution in [0.3, 0.4) is 0 Å². The van der Waals surface area contributed by atoms with E-state index in [0.717, 1.165) is 17.7 Å². The molecule has 0 aromatic rings. The van der Waals surface area contributed by atoms with Gasteiger partial charge in [-0.25, -0.2) is 8.42 Å². The summed E-state index contributed by atoms with van der Waals surface area (Å²) in [5.41, 5.74) is 0. The van der Waals surface area contributed by atoms with Crippen molar-refractivity contribution in [2.24, 2.45) is 0 Å². The van der Waals surface area contributed by atoms with Crippen molar-refractivity contribution in [2.45, 2.75) is 6.92 Å². The highest BCUT2D eigenvalue weighted by Crippen LogP contribution is 1.84. The van der Waals surface area contributed by atoms with Crippen LogP contribution in [0.5, 0.6) is 0 Å². The highest BCUT2D eigenvalue weighted by molar-refractivity contribution is 7.93. The molecule has 0 aromatic carbocycles. The quantitative estimate of drug-likeness (QED) is 0.523. The fraction of sp³-hybridized carbons (Fsp3) is 0.400. The molecule has 0 bridgehead atoms. The summed E-state index contributed by atoms with van der Waals surface area (Å²) in [7, 11) is -3.12. The second-order valence-corrected chi connectivity index (χ2v) is 3.67. The first-order valence-corrected chi connectivity index (χ1v) is 4.26. The van der Waals surface area contributed by atoms with Crippen LogP contribution in [0, 0.1) is 0 Å². The van der Waals surface area contributed by atoms with E-state index < -0.39 is 9.84 Å². The average Bonchev–Trinajstić information content (AvgIpc) is 1.59. The van der Waals surface area contributed by atoms with E-state index in [-0.39, 0.29) is 5.78 Å². The van der Waals surface area contributed by atoms with Crippen LogP contribution in [0.1, 0.15) is 6.92 Å². The van der Waals surface area contributed by atoms with E-state index in [2.05, 4.69) is 0 Å². The molecule has 0 heterocycles. The number of sulfone groups is 1. The second-order valence-electron chi connectivity index (χ2n) is 1.74. The fourth-order valence-electron chi connectivity index (χ4n) is 0.219. The molecule has 0 saturated heterocycles. The summed E-state index contributed by atoms with van der Waals surface area (Å²) in [6.45, 7) is 1.29. The normalized spacial score (nSPS) is 12.2. The molecule has 0 amide bonds. The van der Waals surface area contributed by atoms with Crippen molar-refractivity contribution < 1.29 is 13.2 Å². The molecule has 52 valence electrons. The van der Waals surface area contributed by atoms with Gasteiger partial charge in [0.15, 0.2) is 15.6 Å². The Balaban J connectivity index is 4.21. The lowest BCUT2D eigenvalue weighted by Crippen LogP contribution is -1.90. The van der Waals surface area contributed by atoms with Crippen LogP contribution in [0.4, 0.5) is 0 Å². The fourth-order valence-corrected chi connectivity index (χ4v) is 0.658. The van der Waals surface area contributed by atoms with Crippen molar-refractivity contribution in [3.8, 4) is 0 Å². The zero-order valence-corrected chi connectivity index (χ0v) is 6.10. The zero-order chi connectivity index (χ0) is 7.49. The summed E-state index contributed by atoms with van der Waals surface area (Å²) in [5, 5.41) is 0.884. The molecule has 0 aliphatic carbocycles. The summed E-state index contributed by atoms with van der Waals surface area (Å²) in [6.07, 6.45) is 2.06. The van der Waals surface area contributed by atoms with Gasteiger partial charge in [0, 0.05) is 11.7 Å². The minimum absolute atomic E-state index is 0.263. The molecule has 0 aromatic heterocycles. The standard InChI is InChI=1S/C5H8O3S/c1-5(6)3-4-9(2,7)8/h3-4H,1-2H3. The summed E-state index contributed by atoms with van der Waals surface area (Å²) in [5.74, 6) is -0.263. The Morgan fingerprint density at radius 2 is 1.89 bits per heavy atom. The van der Waals surface area contributed by atoms with Gasteiger partial charge in [-0.3, -0.25) is 4.79 Å². The molecule has 0 atom stereocenters. The third-order valence-corrected chi connectivity index (χ3v) is 1.18. The van der Waals surface area contributed by atoms with E-state index in [1.807, 2.05) is 0 Å². The minimum Gasteiger partial charge on any atom is -0.295 e. The predicted molar refractivity (Wildman–Crippen MR) is 34.7 cm³/mol. The van der Waals surface area contributed by atoms with Gasteiger partial charge in [-0.2, -0.15) is 0 Å². The molecular weight excluding hydrogens is 140 g/mol. The molecule has 0 radical (unpaired) electrons. The highest BCUT2D eigenvalue weighted by Gasteiger charge is 1.92. The van der Waals surface area contributed by atoms with Crippen LogP contribution in [0.2, 0.25) is 0 Å². The van der Waals surface area contributed by atoms with Gasteiger partial charge >= 0.3 is 0 Å². The number of hydrogen-bond donors (Lipinski definition) is 0. The van der Waals surface area contributed by atoms with E-state index in [1.54, 1.807) is 0 Å². The minimum atomic E-state index is -3.12. The van der Waals surface area contributed by atoms with E-state index in [1.165, 1.54) is 6.92 Å². The third-order valence-electron chi connectivity index (χ3n) is 0.550. The van der Waals surface area contributed by atoms with Gasteiger partial charge in [-0.15, -0.1) is 0 Å². The lowest BCUT2D eigenvalue weighted by atomic mass is 10.5. The van der Waals surface area contributed by atoms with Crippen molar-refractivity contribution in [1.82, 2.24) is 0 Å². The van der Waals surface area contributed by atoms with Gasteiger partial charge in [-0.1, -0.05) is 0 Å². The monoisotopic (exact) mass is 148 g/mol. The largest absolute Gasteiger partial charge is 0.295 e. The summed E-state index contributed by atoms with van der Waals surface area (Å²) in [4.78, 5) is 10.1. The van der Waals surface area contributed by atoms with Crippen molar-refractivity contribution in [2.75, 3.05) is 6.26 Å². The molecule has 0 fully saturated rings. The Labute approximate surface area is 54.3 Å². The van der Waals surface area contributed by atoms with E-state index in [9.17, 15) is 13.2 Å². The summed E-state index contributed by atoms with van der Waals surface area (Å²) in [6, 6.07) is 0. The Morgan fingerprint density at radius 3 is 2.00 bits per heavy atom. The lowest BCUT2D eigenvalue weighted by molar-refractivity contribution is -0.112. The van der Waals surface area contributed by atoms with Crippen LogP contribution in [-0.2, 0) is 14.6 Å². The highest BCUT2D eigenvalue weighted by atomic mass is 32.2. The first kappa shape index (κ1) is 8.36. The van der Waals surface area contributed by atoms with Crippen LogP contribution in [0.15, 0.2) is 11.5 Å². The molecule has 0 rings (SSSR count). The molecular formula is C5H8O3S. The predicted octanol–water partition coefficient (Wildman–Crippen LogP) is 0.134. The summed E-state index contributed by atoms with van der Waals surface area (Å²) < 4.78 is 20.6. The van der Waals surface area contributed by atoms with Gasteiger partial charge in [0.05, 0.1) is 0 Å². The Bertz CT molecular complexity index is 223. The number of carbonyl (C=O) groups is 1. The van der Waals surface area contributed by atoms with Crippen molar-refractivity contribution in [3.63, 3.8) is 0 Å². The Morgan fingerprint density at radius 1 is 1.44 bits per heavy atom. The first-order chi connectivity index (χ1) is 3.92. The topological polar surface area (TPSA) is 51.2 Å². The maximum atomic E-state index is 10.3. The molecule has 9 heavy (non-hydrogen) atoms. The van der Waals surface area contributed by atoms with Gasteiger partial charge < -0.3 is 0 Å². The van der Waals surface area contributed by atoms with E-state index in [0.29, 0.717) is 0 Å². The SMILES string of the molecule is CC(=O)C=CS(C)(=O)=O. The van der Waals surface area contributed by atoms with Crippen LogP contribution < -0.4 is 0 Å². The average molecular weight is 148 g/mol. The Kier molecular flexibility index (Phi) is 2.58. The maximum absolute atomic E-state index is 10.3. The van der Waals surface area contributed by atoms with Crippen molar-refractivity contribution in [3.05, 3.63) is 11.5 Å². The van der Waals surface area contributed by atoms with E-state index >= 15 is 0 Å². The molecule has 0 saturated carbocycles. The Hall–Kier alpha value is -0.640. The summed E-state index contributed by atoms with van der Waals surface area (Å²) >= 11 is 0. The lowest BCUT2D eigenvalue weighted by Gasteiger charge is -1.80. The van der Waals surface area contributed by atoms with Gasteiger partial charge in [0.2, 0.25) is 0 Å². The number of ketones is 1. The molecule has 0 aliphatic rings. The van der Waals surface area contributed by atoms with Crippen LogP contribution in [-0.4, -0.2) is 20.5 Å². The van der Waals surface area contributed by atoms with Crippen LogP contribution >= 0.6 is 0 Å². The molecule has 0 aliphatic heterocycles. The third kappa shape index (κ3) is 7.36. The van der Waals surface area contributed by atoms with Gasteiger partial charge in [-0.05, 0) is 13.0 Å². The number of hydrogen-bond acceptors (Lipinski definition) is 3. The first-order valence-electron chi connectivity index (χ1n) is 2.30. The second kappa shape index (κ2) is 2.77. The van der Waals surface area contributed by atoms with Crippen molar-refractivity contribution in [1.29, 1.82) is 0 Å². The molecule has 0 spiro atoms. The molecule has 0 unspecified atom stereocenters. The molecule has 4 heteroatoms. The van der Waals surface area contributed by atoms with Gasteiger partial charge in [0.1, 0.15) is 0 Å². The number of allylic oxidation sites excluding steroid dienone is 1. The molecule has 0 N–H and O–H groups in total. The maximum Gasteiger partial charge on any atom is 0.168 e. The van der Waals surface area contributed by atoms with Gasteiger partial charge in [0.25, 0.3) is 0 Å². The molecule has 3 nitrogen and oxygen atoms in total. The van der Waals surface area contributed by atoms with Crippen molar-refractivity contribution >= 4 is 15.6 Å².